The van der Waals surface area contributed by atoms with Gasteiger partial charge in [0.15, 0.2) is 0 Å². The number of nitro benzene ring substituents is 1. The van der Waals surface area contributed by atoms with Crippen molar-refractivity contribution >= 4 is 44.6 Å². The fourth-order valence-corrected chi connectivity index (χ4v) is 5.60. The molecule has 0 aliphatic rings. The van der Waals surface area contributed by atoms with Gasteiger partial charge in [-0.15, -0.1) is 0 Å². The molecule has 39 heavy (non-hydrogen) atoms. The third kappa shape index (κ3) is 8.63. The van der Waals surface area contributed by atoms with E-state index in [9.17, 15) is 18.5 Å². The summed E-state index contributed by atoms with van der Waals surface area (Å²) in [5.74, 6) is 0. The Hall–Kier alpha value is -2.73. The molecule has 0 spiro atoms. The lowest BCUT2D eigenvalue weighted by atomic mass is 9.98. The Balaban J connectivity index is 1.83. The van der Waals surface area contributed by atoms with Crippen molar-refractivity contribution in [1.29, 1.82) is 0 Å². The van der Waals surface area contributed by atoms with E-state index in [1.807, 2.05) is 38.2 Å². The van der Waals surface area contributed by atoms with Crippen LogP contribution in [-0.4, -0.2) is 70.5 Å². The number of nitrogens with zero attached hydrogens (tertiary/aromatic N) is 3. The Morgan fingerprint density at radius 1 is 0.897 bits per heavy atom. The van der Waals surface area contributed by atoms with Crippen LogP contribution in [0, 0.1) is 10.1 Å². The van der Waals surface area contributed by atoms with Gasteiger partial charge in [-0.25, -0.2) is 13.1 Å². The molecule has 210 valence electrons. The lowest BCUT2D eigenvalue weighted by Crippen LogP contribution is -2.34. The molecule has 3 rings (SSSR count). The van der Waals surface area contributed by atoms with Gasteiger partial charge in [0.05, 0.1) is 15.9 Å². The van der Waals surface area contributed by atoms with Crippen LogP contribution in [0.4, 0.5) is 11.4 Å². The molecule has 0 bridgehead atoms. The van der Waals surface area contributed by atoms with E-state index in [-0.39, 0.29) is 22.8 Å². The highest BCUT2D eigenvalue weighted by Crippen LogP contribution is 2.37. The number of halogens is 2. The van der Waals surface area contributed by atoms with Crippen LogP contribution < -0.4 is 10.0 Å². The number of sulfonamides is 1. The van der Waals surface area contributed by atoms with Gasteiger partial charge in [0.1, 0.15) is 5.69 Å². The molecule has 0 aliphatic carbocycles. The maximum atomic E-state index is 12.9. The molecule has 12 heteroatoms. The van der Waals surface area contributed by atoms with Gasteiger partial charge in [0.25, 0.3) is 5.69 Å². The van der Waals surface area contributed by atoms with Crippen LogP contribution in [-0.2, 0) is 10.0 Å². The zero-order valence-corrected chi connectivity index (χ0v) is 24.4. The van der Waals surface area contributed by atoms with Crippen LogP contribution in [0.25, 0.3) is 0 Å². The summed E-state index contributed by atoms with van der Waals surface area (Å²) in [6, 6.07) is 17.4. The second-order valence-corrected chi connectivity index (χ2v) is 12.0. The highest BCUT2D eigenvalue weighted by Gasteiger charge is 2.26. The van der Waals surface area contributed by atoms with Crippen LogP contribution in [0.5, 0.6) is 0 Å². The average Bonchev–Trinajstić information content (AvgIpc) is 2.88. The van der Waals surface area contributed by atoms with Crippen molar-refractivity contribution in [3.05, 3.63) is 98.0 Å². The van der Waals surface area contributed by atoms with E-state index in [4.69, 9.17) is 23.2 Å². The van der Waals surface area contributed by atoms with Crippen molar-refractivity contribution in [2.24, 2.45) is 0 Å². The van der Waals surface area contributed by atoms with E-state index >= 15 is 0 Å². The average molecular weight is 595 g/mol. The minimum Gasteiger partial charge on any atom is -0.368 e. The molecular weight excluding hydrogens is 561 g/mol. The molecule has 2 N–H and O–H groups in total. The molecule has 3 aromatic rings. The number of anilines is 1. The molecule has 0 heterocycles. The summed E-state index contributed by atoms with van der Waals surface area (Å²) in [5.41, 5.74) is 1.07. The van der Waals surface area contributed by atoms with Gasteiger partial charge in [-0.2, -0.15) is 0 Å². The molecule has 0 saturated heterocycles. The summed E-state index contributed by atoms with van der Waals surface area (Å²) in [4.78, 5) is 15.3. The number of nitro groups is 1. The quantitative estimate of drug-likeness (QED) is 0.194. The first-order valence-corrected chi connectivity index (χ1v) is 14.6. The summed E-state index contributed by atoms with van der Waals surface area (Å²) in [6.07, 6.45) is 0.959. The molecule has 0 aliphatic heterocycles. The smallest absolute Gasteiger partial charge is 0.293 e. The SMILES string of the molecule is CN(C)CCCN(C)CCNS(=O)(=O)c1ccc(NC(c2ccccc2Cl)c2ccccc2Cl)c([N+](=O)[O-])c1. The molecular formula is C27H33Cl2N5O4S. The van der Waals surface area contributed by atoms with E-state index in [1.54, 1.807) is 36.4 Å². The lowest BCUT2D eigenvalue weighted by Gasteiger charge is -2.23. The molecule has 0 atom stereocenters. The predicted molar refractivity (Wildman–Crippen MR) is 157 cm³/mol. The zero-order chi connectivity index (χ0) is 28.6. The van der Waals surface area contributed by atoms with Crippen molar-refractivity contribution < 1.29 is 13.3 Å². The normalized spacial score (nSPS) is 11.9. The van der Waals surface area contributed by atoms with Gasteiger partial charge in [0.2, 0.25) is 10.0 Å². The van der Waals surface area contributed by atoms with Gasteiger partial charge in [-0.1, -0.05) is 59.6 Å². The summed E-state index contributed by atoms with van der Waals surface area (Å²) in [5, 5.41) is 16.1. The summed E-state index contributed by atoms with van der Waals surface area (Å²) in [6.45, 7) is 2.44. The molecule has 0 aromatic heterocycles. The second-order valence-electron chi connectivity index (χ2n) is 9.41. The van der Waals surface area contributed by atoms with E-state index in [0.29, 0.717) is 27.7 Å². The van der Waals surface area contributed by atoms with Crippen LogP contribution >= 0.6 is 23.2 Å². The fraction of sp³-hybridized carbons (Fsp3) is 0.333. The van der Waals surface area contributed by atoms with Crippen LogP contribution in [0.3, 0.4) is 0 Å². The van der Waals surface area contributed by atoms with E-state index in [0.717, 1.165) is 25.6 Å². The monoisotopic (exact) mass is 593 g/mol. The number of rotatable bonds is 14. The zero-order valence-electron chi connectivity index (χ0n) is 22.1. The summed E-state index contributed by atoms with van der Waals surface area (Å²) >= 11 is 13.0. The van der Waals surface area contributed by atoms with Crippen LogP contribution in [0.1, 0.15) is 23.6 Å². The van der Waals surface area contributed by atoms with Crippen molar-refractivity contribution in [1.82, 2.24) is 14.5 Å². The number of likely N-dealkylation sites (N-methyl/N-ethyl adjacent to an activating group) is 1. The number of hydrogen-bond acceptors (Lipinski definition) is 7. The first-order valence-electron chi connectivity index (χ1n) is 12.4. The maximum Gasteiger partial charge on any atom is 0.293 e. The molecule has 0 amide bonds. The summed E-state index contributed by atoms with van der Waals surface area (Å²) < 4.78 is 28.4. The Morgan fingerprint density at radius 2 is 1.49 bits per heavy atom. The van der Waals surface area contributed by atoms with Gasteiger partial charge in [0, 0.05) is 29.2 Å². The Labute approximate surface area is 239 Å². The molecule has 0 unspecified atom stereocenters. The largest absolute Gasteiger partial charge is 0.368 e. The maximum absolute atomic E-state index is 12.9. The van der Waals surface area contributed by atoms with Crippen molar-refractivity contribution in [2.45, 2.75) is 17.4 Å². The van der Waals surface area contributed by atoms with Crippen molar-refractivity contribution in [3.8, 4) is 0 Å². The predicted octanol–water partition coefficient (Wildman–Crippen LogP) is 5.26. The first kappa shape index (κ1) is 30.8. The van der Waals surface area contributed by atoms with E-state index in [1.165, 1.54) is 12.1 Å². The first-order chi connectivity index (χ1) is 18.5. The topological polar surface area (TPSA) is 108 Å². The minimum atomic E-state index is -3.97. The summed E-state index contributed by atoms with van der Waals surface area (Å²) in [7, 11) is 1.96. The van der Waals surface area contributed by atoms with Crippen LogP contribution in [0.15, 0.2) is 71.6 Å². The van der Waals surface area contributed by atoms with Gasteiger partial charge in [-0.3, -0.25) is 10.1 Å². The van der Waals surface area contributed by atoms with E-state index < -0.39 is 21.0 Å². The highest BCUT2D eigenvalue weighted by molar-refractivity contribution is 7.89. The second kappa shape index (κ2) is 14.1. The lowest BCUT2D eigenvalue weighted by molar-refractivity contribution is -0.384. The fourth-order valence-electron chi connectivity index (χ4n) is 4.07. The van der Waals surface area contributed by atoms with Crippen molar-refractivity contribution in [3.63, 3.8) is 0 Å². The van der Waals surface area contributed by atoms with Gasteiger partial charge in [-0.05, 0) is 76.0 Å². The van der Waals surface area contributed by atoms with Crippen LogP contribution in [0.2, 0.25) is 10.0 Å². The van der Waals surface area contributed by atoms with Crippen molar-refractivity contribution in [2.75, 3.05) is 52.6 Å². The third-order valence-corrected chi connectivity index (χ3v) is 8.29. The Morgan fingerprint density at radius 3 is 2.03 bits per heavy atom. The molecule has 0 radical (unpaired) electrons. The number of benzene rings is 3. The molecule has 9 nitrogen and oxygen atoms in total. The Bertz CT molecular complexity index is 1340. The molecule has 3 aromatic carbocycles. The molecule has 0 saturated carbocycles. The third-order valence-electron chi connectivity index (χ3n) is 6.14. The van der Waals surface area contributed by atoms with Gasteiger partial charge >= 0.3 is 0 Å². The Kier molecular flexibility index (Phi) is 11.1. The number of nitrogens with one attached hydrogen (secondary N) is 2. The molecule has 0 fully saturated rings. The standard InChI is InChI=1S/C27H33Cl2N5O4S/c1-32(2)16-8-17-33(3)18-15-30-39(37,38)20-13-14-25(26(19-20)34(35)36)31-27(21-9-4-6-11-23(21)28)22-10-5-7-12-24(22)29/h4-7,9-14,19,27,30-31H,8,15-18H2,1-3H3. The van der Waals surface area contributed by atoms with E-state index in [2.05, 4.69) is 14.9 Å². The minimum absolute atomic E-state index is 0.129. The number of hydrogen-bond donors (Lipinski definition) is 2. The van der Waals surface area contributed by atoms with Gasteiger partial charge < -0.3 is 15.1 Å². The highest BCUT2D eigenvalue weighted by atomic mass is 35.5.